The Morgan fingerprint density at radius 2 is 1.59 bits per heavy atom. The van der Waals surface area contributed by atoms with E-state index in [1.54, 1.807) is 0 Å². The summed E-state index contributed by atoms with van der Waals surface area (Å²) in [6, 6.07) is 0. The Labute approximate surface area is 104 Å². The first-order valence-corrected chi connectivity index (χ1v) is 6.28. The van der Waals surface area contributed by atoms with Crippen LogP contribution in [0.15, 0.2) is 18.2 Å². The van der Waals surface area contributed by atoms with Crippen LogP contribution in [0.1, 0.15) is 47.2 Å². The number of rotatable bonds is 2. The molecule has 1 aliphatic rings. The quantitative estimate of drug-likeness (QED) is 0.667. The Morgan fingerprint density at radius 1 is 0.941 bits per heavy atom. The Kier molecular flexibility index (Phi) is 3.33. The van der Waals surface area contributed by atoms with Gasteiger partial charge in [-0.3, -0.25) is 0 Å². The Hall–Kier alpha value is -1.56. The molecule has 2 rings (SSSR count). The maximum absolute atomic E-state index is 2.27. The summed E-state index contributed by atoms with van der Waals surface area (Å²) in [7, 11) is 0. The third-order valence-electron chi connectivity index (χ3n) is 3.54. The molecule has 0 nitrogen and oxygen atoms in total. The van der Waals surface area contributed by atoms with Gasteiger partial charge in [0.05, 0.1) is 0 Å². The van der Waals surface area contributed by atoms with Gasteiger partial charge in [0.2, 0.25) is 0 Å². The van der Waals surface area contributed by atoms with Crippen LogP contribution < -0.4 is 0 Å². The molecule has 0 fully saturated rings. The van der Waals surface area contributed by atoms with Crippen molar-refractivity contribution in [1.29, 1.82) is 0 Å². The smallest absolute Gasteiger partial charge is 0.00820 e. The molecule has 1 aromatic carbocycles. The molecule has 1 aromatic rings. The molecule has 88 valence electrons. The van der Waals surface area contributed by atoms with Gasteiger partial charge in [-0.25, -0.2) is 0 Å². The van der Waals surface area contributed by atoms with Crippen LogP contribution in [0, 0.1) is 13.8 Å². The average Bonchev–Trinajstić information content (AvgIpc) is 2.79. The lowest BCUT2D eigenvalue weighted by atomic mass is 9.88. The Balaban J connectivity index is 2.79. The van der Waals surface area contributed by atoms with E-state index in [-0.39, 0.29) is 0 Å². The first kappa shape index (κ1) is 11.9. The number of benzene rings is 1. The standard InChI is InChI=1S/C17H20/c1-5-8-14-12(3)15(9-6-2)17-11-7-10-16(17)13(14)4/h5-10H,11H2,1-4H3/b8-5-,9-6-. The second kappa shape index (κ2) is 4.75. The van der Waals surface area contributed by atoms with E-state index >= 15 is 0 Å². The molecule has 0 N–H and O–H groups in total. The van der Waals surface area contributed by atoms with E-state index in [1.807, 2.05) is 0 Å². The van der Waals surface area contributed by atoms with E-state index in [4.69, 9.17) is 0 Å². The zero-order valence-corrected chi connectivity index (χ0v) is 11.2. The van der Waals surface area contributed by atoms with Gasteiger partial charge in [-0.05, 0) is 67.5 Å². The van der Waals surface area contributed by atoms with Crippen LogP contribution in [0.2, 0.25) is 0 Å². The molecule has 0 unspecified atom stereocenters. The van der Waals surface area contributed by atoms with Crippen LogP contribution in [-0.2, 0) is 6.42 Å². The molecular weight excluding hydrogens is 204 g/mol. The molecule has 0 saturated heterocycles. The Bertz CT molecular complexity index is 526. The normalized spacial score (nSPS) is 14.1. The summed E-state index contributed by atoms with van der Waals surface area (Å²) < 4.78 is 0. The molecule has 0 atom stereocenters. The Morgan fingerprint density at radius 3 is 2.24 bits per heavy atom. The van der Waals surface area contributed by atoms with Crippen molar-refractivity contribution in [3.05, 3.63) is 51.6 Å². The number of hydrogen-bond acceptors (Lipinski definition) is 0. The van der Waals surface area contributed by atoms with Gasteiger partial charge in [0.25, 0.3) is 0 Å². The van der Waals surface area contributed by atoms with Gasteiger partial charge in [0, 0.05) is 0 Å². The van der Waals surface area contributed by atoms with Crippen LogP contribution in [0.5, 0.6) is 0 Å². The van der Waals surface area contributed by atoms with E-state index in [2.05, 4.69) is 64.2 Å². The van der Waals surface area contributed by atoms with Gasteiger partial charge in [0.15, 0.2) is 0 Å². The highest BCUT2D eigenvalue weighted by Crippen LogP contribution is 2.34. The predicted molar refractivity (Wildman–Crippen MR) is 78.1 cm³/mol. The van der Waals surface area contributed by atoms with Crippen molar-refractivity contribution in [2.45, 2.75) is 34.1 Å². The molecule has 0 heterocycles. The molecule has 0 spiro atoms. The van der Waals surface area contributed by atoms with Crippen molar-refractivity contribution in [1.82, 2.24) is 0 Å². The average molecular weight is 224 g/mol. The van der Waals surface area contributed by atoms with E-state index in [1.165, 1.54) is 33.4 Å². The van der Waals surface area contributed by atoms with Crippen LogP contribution in [-0.4, -0.2) is 0 Å². The summed E-state index contributed by atoms with van der Waals surface area (Å²) in [5, 5.41) is 0. The monoisotopic (exact) mass is 224 g/mol. The van der Waals surface area contributed by atoms with Crippen molar-refractivity contribution >= 4 is 18.2 Å². The summed E-state index contributed by atoms with van der Waals surface area (Å²) >= 11 is 0. The molecule has 0 saturated carbocycles. The third kappa shape index (κ3) is 1.88. The highest BCUT2D eigenvalue weighted by molar-refractivity contribution is 5.78. The number of hydrogen-bond donors (Lipinski definition) is 0. The zero-order valence-electron chi connectivity index (χ0n) is 11.2. The van der Waals surface area contributed by atoms with Gasteiger partial charge in [-0.1, -0.05) is 36.5 Å². The van der Waals surface area contributed by atoms with Crippen LogP contribution in [0.4, 0.5) is 0 Å². The van der Waals surface area contributed by atoms with Crippen molar-refractivity contribution in [2.75, 3.05) is 0 Å². The summed E-state index contributed by atoms with van der Waals surface area (Å²) in [5.74, 6) is 0. The maximum atomic E-state index is 2.27. The van der Waals surface area contributed by atoms with Crippen LogP contribution >= 0.6 is 0 Å². The molecular formula is C17H20. The highest BCUT2D eigenvalue weighted by atomic mass is 14.2. The first-order valence-electron chi connectivity index (χ1n) is 6.28. The first-order chi connectivity index (χ1) is 8.20. The van der Waals surface area contributed by atoms with E-state index < -0.39 is 0 Å². The van der Waals surface area contributed by atoms with Gasteiger partial charge in [-0.2, -0.15) is 0 Å². The maximum Gasteiger partial charge on any atom is -0.00820 e. The highest BCUT2D eigenvalue weighted by Gasteiger charge is 2.17. The lowest BCUT2D eigenvalue weighted by Crippen LogP contribution is -1.99. The zero-order chi connectivity index (χ0) is 12.4. The third-order valence-corrected chi connectivity index (χ3v) is 3.54. The van der Waals surface area contributed by atoms with Gasteiger partial charge in [-0.15, -0.1) is 0 Å². The second-order valence-electron chi connectivity index (χ2n) is 4.58. The van der Waals surface area contributed by atoms with Crippen molar-refractivity contribution < 1.29 is 0 Å². The summed E-state index contributed by atoms with van der Waals surface area (Å²) in [6.45, 7) is 8.63. The molecule has 0 bridgehead atoms. The molecule has 0 amide bonds. The minimum absolute atomic E-state index is 1.08. The van der Waals surface area contributed by atoms with Gasteiger partial charge >= 0.3 is 0 Å². The topological polar surface area (TPSA) is 0 Å². The molecule has 0 aliphatic heterocycles. The molecule has 0 heteroatoms. The molecule has 17 heavy (non-hydrogen) atoms. The lowest BCUT2D eigenvalue weighted by molar-refractivity contribution is 1.22. The molecule has 0 radical (unpaired) electrons. The largest absolute Gasteiger partial charge is 0.0870 e. The van der Waals surface area contributed by atoms with E-state index in [9.17, 15) is 0 Å². The predicted octanol–water partition coefficient (Wildman–Crippen LogP) is 4.94. The molecule has 0 aromatic heterocycles. The number of allylic oxidation sites excluding steroid dienone is 3. The van der Waals surface area contributed by atoms with Gasteiger partial charge in [0.1, 0.15) is 0 Å². The fourth-order valence-electron chi connectivity index (χ4n) is 2.72. The van der Waals surface area contributed by atoms with Crippen molar-refractivity contribution in [2.24, 2.45) is 0 Å². The fraction of sp³-hybridized carbons (Fsp3) is 0.294. The lowest BCUT2D eigenvalue weighted by Gasteiger charge is -2.16. The minimum atomic E-state index is 1.08. The summed E-state index contributed by atoms with van der Waals surface area (Å²) in [6.07, 6.45) is 14.3. The summed E-state index contributed by atoms with van der Waals surface area (Å²) in [4.78, 5) is 0. The number of fused-ring (bicyclic) bond motifs is 1. The second-order valence-corrected chi connectivity index (χ2v) is 4.58. The molecule has 1 aliphatic carbocycles. The van der Waals surface area contributed by atoms with Crippen molar-refractivity contribution in [3.8, 4) is 0 Å². The van der Waals surface area contributed by atoms with E-state index in [0.29, 0.717) is 0 Å². The minimum Gasteiger partial charge on any atom is -0.0870 e. The fourth-order valence-corrected chi connectivity index (χ4v) is 2.72. The summed E-state index contributed by atoms with van der Waals surface area (Å²) in [5.41, 5.74) is 8.53. The van der Waals surface area contributed by atoms with Crippen molar-refractivity contribution in [3.63, 3.8) is 0 Å². The van der Waals surface area contributed by atoms with E-state index in [0.717, 1.165) is 6.42 Å². The van der Waals surface area contributed by atoms with Gasteiger partial charge < -0.3 is 0 Å². The van der Waals surface area contributed by atoms with Crippen LogP contribution in [0.25, 0.3) is 18.2 Å². The SMILES string of the molecule is C/C=C\c1c(C)c2c(c(/C=C\C)c1C)CC=C2. The van der Waals surface area contributed by atoms with Crippen LogP contribution in [0.3, 0.4) is 0 Å².